The van der Waals surface area contributed by atoms with E-state index in [9.17, 15) is 31.1 Å². The highest BCUT2D eigenvalue weighted by molar-refractivity contribution is 5.89. The molecule has 0 spiro atoms. The van der Waals surface area contributed by atoms with Crippen LogP contribution in [0, 0.1) is 11.3 Å². The van der Waals surface area contributed by atoms with Crippen LogP contribution in [-0.4, -0.2) is 82.6 Å². The molecule has 4 rings (SSSR count). The number of hydrogen-bond donors (Lipinski definition) is 4. The Labute approximate surface area is 241 Å². The van der Waals surface area contributed by atoms with E-state index in [0.29, 0.717) is 24.6 Å². The van der Waals surface area contributed by atoms with Gasteiger partial charge in [-0.15, -0.1) is 0 Å². The summed E-state index contributed by atoms with van der Waals surface area (Å²) in [6.45, 7) is 3.70. The average molecular weight is 622 g/mol. The summed E-state index contributed by atoms with van der Waals surface area (Å²) in [6.07, 6.45) is -3.68. The predicted octanol–water partition coefficient (Wildman–Crippen LogP) is 3.67. The number of anilines is 1. The second-order valence-corrected chi connectivity index (χ2v) is 9.38. The molecule has 17 heteroatoms. The van der Waals surface area contributed by atoms with Crippen LogP contribution in [-0.2, 0) is 27.3 Å². The number of hydrogen-bond acceptors (Lipinski definition) is 7. The Morgan fingerprint density at radius 3 is 1.95 bits per heavy atom. The van der Waals surface area contributed by atoms with E-state index in [1.165, 1.54) is 11.3 Å². The summed E-state index contributed by atoms with van der Waals surface area (Å²) >= 11 is 0. The van der Waals surface area contributed by atoms with Crippen molar-refractivity contribution in [3.63, 3.8) is 0 Å². The number of pyridine rings is 1. The smallest absolute Gasteiger partial charge is 0.475 e. The maximum atomic E-state index is 12.6. The van der Waals surface area contributed by atoms with Crippen molar-refractivity contribution in [1.29, 1.82) is 5.41 Å². The second kappa shape index (κ2) is 15.1. The molecule has 11 nitrogen and oxygen atoms in total. The number of guanidine groups is 1. The van der Waals surface area contributed by atoms with Gasteiger partial charge in [-0.2, -0.15) is 26.3 Å². The summed E-state index contributed by atoms with van der Waals surface area (Å²) in [5, 5.41) is 21.9. The maximum Gasteiger partial charge on any atom is 0.490 e. The van der Waals surface area contributed by atoms with Crippen molar-refractivity contribution < 1.29 is 55.7 Å². The van der Waals surface area contributed by atoms with E-state index in [-0.39, 0.29) is 11.9 Å². The number of esters is 1. The molecular weight excluding hydrogens is 592 g/mol. The Morgan fingerprint density at radius 1 is 0.930 bits per heavy atom. The summed E-state index contributed by atoms with van der Waals surface area (Å²) in [7, 11) is 0. The number of fused-ring (bicyclic) bond motifs is 1. The minimum atomic E-state index is -5.08. The lowest BCUT2D eigenvalue weighted by atomic mass is 9.97. The van der Waals surface area contributed by atoms with E-state index < -0.39 is 24.3 Å². The number of aromatic nitrogens is 1. The number of benzene rings is 1. The van der Waals surface area contributed by atoms with Crippen LogP contribution in [0.1, 0.15) is 34.3 Å². The van der Waals surface area contributed by atoms with E-state index in [1.807, 2.05) is 47.6 Å². The number of carboxylic acid groups (broad SMARTS) is 2. The minimum Gasteiger partial charge on any atom is -0.475 e. The summed E-state index contributed by atoms with van der Waals surface area (Å²) in [6, 6.07) is 9.79. The summed E-state index contributed by atoms with van der Waals surface area (Å²) in [4.78, 5) is 38.6. The summed E-state index contributed by atoms with van der Waals surface area (Å²) in [5.41, 5.74) is 9.64. The number of nitrogens with two attached hydrogens (primary N) is 1. The highest BCUT2D eigenvalue weighted by Crippen LogP contribution is 2.24. The van der Waals surface area contributed by atoms with Crippen molar-refractivity contribution in [3.05, 3.63) is 59.4 Å². The van der Waals surface area contributed by atoms with Gasteiger partial charge in [-0.3, -0.25) is 10.4 Å². The molecule has 2 aliphatic heterocycles. The van der Waals surface area contributed by atoms with Crippen molar-refractivity contribution in [2.24, 2.45) is 11.7 Å². The number of carbonyl (C=O) groups excluding carboxylic acids is 1. The van der Waals surface area contributed by atoms with Crippen molar-refractivity contribution in [2.75, 3.05) is 31.1 Å². The van der Waals surface area contributed by atoms with E-state index >= 15 is 0 Å². The molecule has 0 bridgehead atoms. The van der Waals surface area contributed by atoms with Gasteiger partial charge in [0.2, 0.25) is 0 Å². The lowest BCUT2D eigenvalue weighted by Crippen LogP contribution is -2.40. The average Bonchev–Trinajstić information content (AvgIpc) is 2.95. The first-order valence-electron chi connectivity index (χ1n) is 12.6. The van der Waals surface area contributed by atoms with Crippen LogP contribution in [0.25, 0.3) is 0 Å². The van der Waals surface area contributed by atoms with Gasteiger partial charge in [0.1, 0.15) is 0 Å². The standard InChI is InChI=1S/C22H27N5O2.2C2HF3O2/c23-22(24)27-12-7-17-1-2-18(13-19(17)14-27)21(28)29-15-16-5-10-26(11-6-16)20-3-8-25-9-4-20;2*3-2(4,5)1(6)7/h1-4,8-9,13,16H,5-7,10-12,14-15H2,(H3,23,24);2*(H,6,7). The molecule has 2 aliphatic rings. The van der Waals surface area contributed by atoms with Gasteiger partial charge < -0.3 is 30.5 Å². The number of rotatable bonds is 4. The molecule has 43 heavy (non-hydrogen) atoms. The molecular formula is C26H29F6N5O6. The maximum absolute atomic E-state index is 12.6. The fourth-order valence-corrected chi connectivity index (χ4v) is 4.08. The topological polar surface area (TPSA) is 170 Å². The number of nitrogens with one attached hydrogen (secondary N) is 1. The van der Waals surface area contributed by atoms with Crippen LogP contribution < -0.4 is 10.6 Å². The Morgan fingerprint density at radius 2 is 1.47 bits per heavy atom. The molecule has 5 N–H and O–H groups in total. The van der Waals surface area contributed by atoms with Crippen molar-refractivity contribution in [2.45, 2.75) is 38.2 Å². The molecule has 1 aromatic carbocycles. The highest BCUT2D eigenvalue weighted by atomic mass is 19.4. The Kier molecular flexibility index (Phi) is 12.1. The SMILES string of the molecule is N=C(N)N1CCc2ccc(C(=O)OCC3CCN(c4ccncc4)CC3)cc2C1.O=C(O)C(F)(F)F.O=C(O)C(F)(F)F. The first kappa shape index (κ1) is 34.6. The van der Waals surface area contributed by atoms with Gasteiger partial charge in [0.05, 0.1) is 12.2 Å². The Balaban J connectivity index is 0.000000384. The van der Waals surface area contributed by atoms with Crippen LogP contribution in [0.3, 0.4) is 0 Å². The summed E-state index contributed by atoms with van der Waals surface area (Å²) < 4.78 is 69.1. The van der Waals surface area contributed by atoms with Gasteiger partial charge in [-0.25, -0.2) is 14.4 Å². The third kappa shape index (κ3) is 11.3. The zero-order valence-electron chi connectivity index (χ0n) is 22.5. The number of halogens is 6. The molecule has 1 saturated heterocycles. The fraction of sp³-hybridized carbons (Fsp3) is 0.423. The van der Waals surface area contributed by atoms with Crippen LogP contribution in [0.5, 0.6) is 0 Å². The lowest BCUT2D eigenvalue weighted by Gasteiger charge is -2.33. The van der Waals surface area contributed by atoms with Gasteiger partial charge in [0.15, 0.2) is 5.96 Å². The molecule has 2 aromatic rings. The van der Waals surface area contributed by atoms with E-state index in [1.54, 1.807) is 0 Å². The molecule has 0 saturated carbocycles. The number of nitrogens with zero attached hydrogens (tertiary/aromatic N) is 3. The Hall–Kier alpha value is -4.57. The fourth-order valence-electron chi connectivity index (χ4n) is 4.08. The number of alkyl halides is 6. The van der Waals surface area contributed by atoms with E-state index in [0.717, 1.165) is 44.5 Å². The number of ether oxygens (including phenoxy) is 1. The van der Waals surface area contributed by atoms with Gasteiger partial charge in [-0.1, -0.05) is 6.07 Å². The lowest BCUT2D eigenvalue weighted by molar-refractivity contribution is -0.193. The molecule has 1 fully saturated rings. The highest BCUT2D eigenvalue weighted by Gasteiger charge is 2.38. The van der Waals surface area contributed by atoms with Crippen LogP contribution in [0.2, 0.25) is 0 Å². The predicted molar refractivity (Wildman–Crippen MR) is 139 cm³/mol. The first-order chi connectivity index (χ1) is 20.0. The van der Waals surface area contributed by atoms with Crippen molar-refractivity contribution in [3.8, 4) is 0 Å². The molecule has 0 aliphatic carbocycles. The number of aliphatic carboxylic acids is 2. The second-order valence-electron chi connectivity index (χ2n) is 9.38. The molecule has 0 radical (unpaired) electrons. The van der Waals surface area contributed by atoms with Gasteiger partial charge in [0, 0.05) is 44.3 Å². The number of carbonyl (C=O) groups is 3. The normalized spacial score (nSPS) is 15.1. The van der Waals surface area contributed by atoms with Crippen molar-refractivity contribution >= 4 is 29.6 Å². The van der Waals surface area contributed by atoms with Crippen LogP contribution in [0.4, 0.5) is 32.0 Å². The third-order valence-electron chi connectivity index (χ3n) is 6.37. The van der Waals surface area contributed by atoms with E-state index in [4.69, 9.17) is 35.7 Å². The van der Waals surface area contributed by atoms with Gasteiger partial charge in [0.25, 0.3) is 0 Å². The third-order valence-corrected chi connectivity index (χ3v) is 6.37. The summed E-state index contributed by atoms with van der Waals surface area (Å²) in [5.74, 6) is -5.33. The molecule has 0 amide bonds. The largest absolute Gasteiger partial charge is 0.490 e. The molecule has 0 unspecified atom stereocenters. The molecule has 236 valence electrons. The number of piperidine rings is 1. The molecule has 1 aromatic heterocycles. The molecule has 3 heterocycles. The van der Waals surface area contributed by atoms with E-state index in [2.05, 4.69) is 9.88 Å². The van der Waals surface area contributed by atoms with Crippen LogP contribution >= 0.6 is 0 Å². The van der Waals surface area contributed by atoms with Crippen molar-refractivity contribution in [1.82, 2.24) is 9.88 Å². The quantitative estimate of drug-likeness (QED) is 0.171. The number of carboxylic acids is 2. The Bertz CT molecular complexity index is 1240. The van der Waals surface area contributed by atoms with Crippen LogP contribution in [0.15, 0.2) is 42.7 Å². The molecule has 0 atom stereocenters. The first-order valence-corrected chi connectivity index (χ1v) is 12.6. The zero-order chi connectivity index (χ0) is 32.4. The van der Waals surface area contributed by atoms with Gasteiger partial charge >= 0.3 is 30.3 Å². The minimum absolute atomic E-state index is 0.0711. The van der Waals surface area contributed by atoms with Gasteiger partial charge in [-0.05, 0) is 60.6 Å². The zero-order valence-corrected chi connectivity index (χ0v) is 22.5. The monoisotopic (exact) mass is 621 g/mol.